The molecule has 192 valence electrons. The highest BCUT2D eigenvalue weighted by Gasteiger charge is 2.42. The predicted molar refractivity (Wildman–Crippen MR) is 145 cm³/mol. The summed E-state index contributed by atoms with van der Waals surface area (Å²) in [4.78, 5) is 47.2. The highest BCUT2D eigenvalue weighted by Crippen LogP contribution is 2.37. The molecule has 0 saturated carbocycles. The topological polar surface area (TPSA) is 82.6 Å². The fraction of sp³-hybridized carbons (Fsp3) is 0.333. The molecular weight excluding hydrogens is 464 g/mol. The van der Waals surface area contributed by atoms with E-state index in [1.165, 1.54) is 4.90 Å². The van der Waals surface area contributed by atoms with E-state index in [9.17, 15) is 14.4 Å². The fourth-order valence-electron chi connectivity index (χ4n) is 4.80. The molecule has 4 rings (SSSR count). The van der Waals surface area contributed by atoms with Crippen LogP contribution >= 0.6 is 0 Å². The second-order valence-corrected chi connectivity index (χ2v) is 10.0. The van der Waals surface area contributed by atoms with Crippen molar-refractivity contribution in [2.24, 2.45) is 5.41 Å². The number of benzene rings is 2. The Bertz CT molecular complexity index is 1270. The van der Waals surface area contributed by atoms with Gasteiger partial charge in [0.25, 0.3) is 0 Å². The largest absolute Gasteiger partial charge is 0.335 e. The first kappa shape index (κ1) is 26.1. The molecule has 1 aromatic heterocycles. The molecular formula is C30H34N4O3. The molecule has 3 aromatic rings. The van der Waals surface area contributed by atoms with E-state index in [4.69, 9.17) is 0 Å². The molecule has 0 fully saturated rings. The molecule has 37 heavy (non-hydrogen) atoms. The Morgan fingerprint density at radius 1 is 1.05 bits per heavy atom. The van der Waals surface area contributed by atoms with Crippen LogP contribution < -0.4 is 10.2 Å². The molecule has 0 spiro atoms. The van der Waals surface area contributed by atoms with E-state index in [-0.39, 0.29) is 23.8 Å². The van der Waals surface area contributed by atoms with Crippen LogP contribution in [0.25, 0.3) is 0 Å². The number of fused-ring (bicyclic) bond motifs is 1. The van der Waals surface area contributed by atoms with Crippen LogP contribution in [0, 0.1) is 5.41 Å². The molecule has 1 aliphatic rings. The first-order chi connectivity index (χ1) is 17.7. The molecule has 2 aromatic carbocycles. The second kappa shape index (κ2) is 10.9. The van der Waals surface area contributed by atoms with Crippen LogP contribution in [-0.4, -0.2) is 41.2 Å². The average Bonchev–Trinajstić information content (AvgIpc) is 2.96. The Morgan fingerprint density at radius 2 is 1.78 bits per heavy atom. The highest BCUT2D eigenvalue weighted by molar-refractivity contribution is 6.19. The Kier molecular flexibility index (Phi) is 7.71. The first-order valence-electron chi connectivity index (χ1n) is 12.7. The standard InChI is InChI=1S/C30H34N4O3/c1-5-25(23-13-14-24-26(19-23)33(4)29(37)30(2,3)28(36)32-24)34(17-15-22-12-9-16-31-20-22)27(35)18-21-10-7-6-8-11-21/h6-14,16,19-20,25H,5,15,17-18H2,1-4H3,(H,32,36). The van der Waals surface area contributed by atoms with Gasteiger partial charge in [0.05, 0.1) is 23.8 Å². The molecule has 0 saturated heterocycles. The molecule has 1 N–H and O–H groups in total. The van der Waals surface area contributed by atoms with Gasteiger partial charge in [-0.1, -0.05) is 49.4 Å². The van der Waals surface area contributed by atoms with Gasteiger partial charge < -0.3 is 15.1 Å². The molecule has 7 heteroatoms. The predicted octanol–water partition coefficient (Wildman–Crippen LogP) is 4.79. The molecule has 1 atom stereocenters. The summed E-state index contributed by atoms with van der Waals surface area (Å²) in [6.45, 7) is 5.85. The molecule has 2 heterocycles. The van der Waals surface area contributed by atoms with Gasteiger partial charge in [-0.05, 0) is 61.6 Å². The smallest absolute Gasteiger partial charge is 0.241 e. The number of nitrogens with one attached hydrogen (secondary N) is 1. The summed E-state index contributed by atoms with van der Waals surface area (Å²) in [6, 6.07) is 19.2. The Morgan fingerprint density at radius 3 is 2.46 bits per heavy atom. The van der Waals surface area contributed by atoms with Crippen LogP contribution in [0.3, 0.4) is 0 Å². The van der Waals surface area contributed by atoms with E-state index in [0.29, 0.717) is 37.2 Å². The number of rotatable bonds is 8. The lowest BCUT2D eigenvalue weighted by atomic mass is 9.91. The number of amides is 3. The molecule has 0 radical (unpaired) electrons. The van der Waals surface area contributed by atoms with E-state index in [1.807, 2.05) is 71.8 Å². The number of anilines is 2. The number of hydrogen-bond donors (Lipinski definition) is 1. The van der Waals surface area contributed by atoms with Gasteiger partial charge in [0, 0.05) is 26.0 Å². The summed E-state index contributed by atoms with van der Waals surface area (Å²) in [5.74, 6) is -0.572. The van der Waals surface area contributed by atoms with E-state index in [0.717, 1.165) is 16.7 Å². The molecule has 0 aliphatic carbocycles. The van der Waals surface area contributed by atoms with Gasteiger partial charge in [-0.2, -0.15) is 0 Å². The minimum atomic E-state index is -1.18. The van der Waals surface area contributed by atoms with Gasteiger partial charge in [-0.25, -0.2) is 0 Å². The maximum atomic E-state index is 13.7. The summed E-state index contributed by atoms with van der Waals surface area (Å²) < 4.78 is 0. The maximum absolute atomic E-state index is 13.7. The van der Waals surface area contributed by atoms with Crippen molar-refractivity contribution in [1.29, 1.82) is 0 Å². The summed E-state index contributed by atoms with van der Waals surface area (Å²) in [6.07, 6.45) is 5.25. The zero-order chi connectivity index (χ0) is 26.6. The van der Waals surface area contributed by atoms with Crippen molar-refractivity contribution < 1.29 is 14.4 Å². The zero-order valence-electron chi connectivity index (χ0n) is 21.9. The van der Waals surface area contributed by atoms with Crippen LogP contribution in [0.1, 0.15) is 49.9 Å². The van der Waals surface area contributed by atoms with Gasteiger partial charge in [-0.3, -0.25) is 19.4 Å². The minimum Gasteiger partial charge on any atom is -0.335 e. The molecule has 7 nitrogen and oxygen atoms in total. The van der Waals surface area contributed by atoms with Crippen molar-refractivity contribution in [3.63, 3.8) is 0 Å². The van der Waals surface area contributed by atoms with Crippen molar-refractivity contribution in [3.8, 4) is 0 Å². The molecule has 3 amide bonds. The maximum Gasteiger partial charge on any atom is 0.241 e. The minimum absolute atomic E-state index is 0.0377. The number of nitrogens with zero attached hydrogens (tertiary/aromatic N) is 3. The normalized spacial score (nSPS) is 15.4. The van der Waals surface area contributed by atoms with Crippen molar-refractivity contribution in [2.75, 3.05) is 23.8 Å². The highest BCUT2D eigenvalue weighted by atomic mass is 16.2. The van der Waals surface area contributed by atoms with Gasteiger partial charge >= 0.3 is 0 Å². The summed E-state index contributed by atoms with van der Waals surface area (Å²) in [5.41, 5.74) is 2.98. The molecule has 0 bridgehead atoms. The monoisotopic (exact) mass is 498 g/mol. The summed E-state index contributed by atoms with van der Waals surface area (Å²) in [5, 5.41) is 2.90. The van der Waals surface area contributed by atoms with Gasteiger partial charge in [0.2, 0.25) is 17.7 Å². The number of aromatic nitrogens is 1. The summed E-state index contributed by atoms with van der Waals surface area (Å²) in [7, 11) is 1.69. The zero-order valence-corrected chi connectivity index (χ0v) is 21.9. The lowest BCUT2D eigenvalue weighted by Crippen LogP contribution is -2.43. The van der Waals surface area contributed by atoms with Crippen LogP contribution in [0.4, 0.5) is 11.4 Å². The average molecular weight is 499 g/mol. The Balaban J connectivity index is 1.68. The van der Waals surface area contributed by atoms with Crippen molar-refractivity contribution >= 4 is 29.1 Å². The Labute approximate surface area is 218 Å². The fourth-order valence-corrected chi connectivity index (χ4v) is 4.80. The molecule has 1 unspecified atom stereocenters. The van der Waals surface area contributed by atoms with Crippen LogP contribution in [0.15, 0.2) is 73.1 Å². The Hall–Kier alpha value is -4.00. The number of carbonyl (C=O) groups is 3. The van der Waals surface area contributed by atoms with Gasteiger partial charge in [0.15, 0.2) is 0 Å². The van der Waals surface area contributed by atoms with E-state index < -0.39 is 5.41 Å². The van der Waals surface area contributed by atoms with Crippen molar-refractivity contribution in [1.82, 2.24) is 9.88 Å². The van der Waals surface area contributed by atoms with Crippen LogP contribution in [0.2, 0.25) is 0 Å². The first-order valence-corrected chi connectivity index (χ1v) is 12.7. The van der Waals surface area contributed by atoms with E-state index in [2.05, 4.69) is 17.2 Å². The van der Waals surface area contributed by atoms with E-state index in [1.54, 1.807) is 27.1 Å². The van der Waals surface area contributed by atoms with Crippen LogP contribution in [0.5, 0.6) is 0 Å². The third-order valence-electron chi connectivity index (χ3n) is 7.07. The quantitative estimate of drug-likeness (QED) is 0.453. The number of pyridine rings is 1. The van der Waals surface area contributed by atoms with Crippen molar-refractivity contribution in [3.05, 3.63) is 89.7 Å². The van der Waals surface area contributed by atoms with E-state index >= 15 is 0 Å². The number of carbonyl (C=O) groups excluding carboxylic acids is 3. The lowest BCUT2D eigenvalue weighted by Gasteiger charge is -2.33. The van der Waals surface area contributed by atoms with Gasteiger partial charge in [0.1, 0.15) is 5.41 Å². The summed E-state index contributed by atoms with van der Waals surface area (Å²) >= 11 is 0. The number of hydrogen-bond acceptors (Lipinski definition) is 4. The third-order valence-corrected chi connectivity index (χ3v) is 7.07. The van der Waals surface area contributed by atoms with Gasteiger partial charge in [-0.15, -0.1) is 0 Å². The molecule has 1 aliphatic heterocycles. The third kappa shape index (κ3) is 5.56. The second-order valence-electron chi connectivity index (χ2n) is 10.0. The lowest BCUT2D eigenvalue weighted by molar-refractivity contribution is -0.136. The SMILES string of the molecule is CCC(c1ccc2c(c1)N(C)C(=O)C(C)(C)C(=O)N2)N(CCc1cccnc1)C(=O)Cc1ccccc1. The van der Waals surface area contributed by atoms with Crippen molar-refractivity contribution in [2.45, 2.75) is 46.1 Å². The van der Waals surface area contributed by atoms with Crippen LogP contribution in [-0.2, 0) is 27.2 Å².